The lowest BCUT2D eigenvalue weighted by molar-refractivity contribution is 1.03. The van der Waals surface area contributed by atoms with Crippen LogP contribution in [0, 0.1) is 6.92 Å². The Morgan fingerprint density at radius 3 is 2.63 bits per heavy atom. The summed E-state index contributed by atoms with van der Waals surface area (Å²) >= 11 is 5.92. The highest BCUT2D eigenvalue weighted by Crippen LogP contribution is 2.26. The fraction of sp³-hybridized carbons (Fsp3) is 0.133. The third-order valence-electron chi connectivity index (χ3n) is 3.31. The highest BCUT2D eigenvalue weighted by Gasteiger charge is 2.12. The van der Waals surface area contributed by atoms with Gasteiger partial charge in [0.2, 0.25) is 0 Å². The van der Waals surface area contributed by atoms with Crippen LogP contribution >= 0.6 is 11.6 Å². The number of aryl methyl sites for hydroxylation is 1. The van der Waals surface area contributed by atoms with Crippen molar-refractivity contribution in [3.8, 4) is 11.3 Å². The molecule has 2 aromatic heterocycles. The van der Waals surface area contributed by atoms with E-state index >= 15 is 0 Å². The van der Waals surface area contributed by atoms with Gasteiger partial charge in [0.05, 0.1) is 5.69 Å². The van der Waals surface area contributed by atoms with Crippen molar-refractivity contribution in [3.05, 3.63) is 58.9 Å². The van der Waals surface area contributed by atoms with Gasteiger partial charge in [-0.2, -0.15) is 0 Å². The number of nitrogens with two attached hydrogens (primary N) is 1. The van der Waals surface area contributed by atoms with E-state index in [1.54, 1.807) is 0 Å². The predicted octanol–water partition coefficient (Wildman–Crippen LogP) is 3.42. The van der Waals surface area contributed by atoms with E-state index in [9.17, 15) is 0 Å². The number of aromatic nitrogens is 2. The zero-order valence-corrected chi connectivity index (χ0v) is 11.4. The summed E-state index contributed by atoms with van der Waals surface area (Å²) in [7, 11) is 0. The van der Waals surface area contributed by atoms with Crippen LogP contribution in [-0.4, -0.2) is 9.38 Å². The molecular weight excluding hydrogens is 258 g/mol. The minimum atomic E-state index is 0.487. The Balaban J connectivity index is 2.25. The largest absolute Gasteiger partial charge is 0.326 e. The quantitative estimate of drug-likeness (QED) is 0.776. The molecule has 0 aliphatic heterocycles. The molecule has 0 spiro atoms. The number of nitrogens with zero attached hydrogens (tertiary/aromatic N) is 2. The van der Waals surface area contributed by atoms with Crippen LogP contribution < -0.4 is 5.73 Å². The van der Waals surface area contributed by atoms with Crippen LogP contribution in [-0.2, 0) is 6.54 Å². The molecule has 0 atom stereocenters. The van der Waals surface area contributed by atoms with Gasteiger partial charge in [0.25, 0.3) is 0 Å². The first-order valence-corrected chi connectivity index (χ1v) is 6.51. The van der Waals surface area contributed by atoms with E-state index in [2.05, 4.69) is 11.3 Å². The average molecular weight is 272 g/mol. The Bertz CT molecular complexity index is 729. The standard InChI is InChI=1S/C15H14ClN3/c1-10-14(11-4-6-13(16)7-5-11)18-15-12(9-17)3-2-8-19(10)15/h2-8H,9,17H2,1H3. The van der Waals surface area contributed by atoms with E-state index in [1.165, 1.54) is 0 Å². The normalized spacial score (nSPS) is 11.1. The first-order chi connectivity index (χ1) is 9.20. The monoisotopic (exact) mass is 271 g/mol. The van der Waals surface area contributed by atoms with Crippen LogP contribution in [0.2, 0.25) is 5.02 Å². The summed E-state index contributed by atoms with van der Waals surface area (Å²) in [5, 5.41) is 0.729. The summed E-state index contributed by atoms with van der Waals surface area (Å²) < 4.78 is 2.08. The topological polar surface area (TPSA) is 43.3 Å². The molecule has 96 valence electrons. The average Bonchev–Trinajstić information content (AvgIpc) is 2.77. The Kier molecular flexibility index (Phi) is 3.01. The van der Waals surface area contributed by atoms with Gasteiger partial charge < -0.3 is 10.1 Å². The van der Waals surface area contributed by atoms with Gasteiger partial charge in [-0.1, -0.05) is 29.8 Å². The second-order valence-electron chi connectivity index (χ2n) is 4.48. The van der Waals surface area contributed by atoms with Crippen LogP contribution in [0.25, 0.3) is 16.9 Å². The molecule has 3 aromatic rings. The second kappa shape index (κ2) is 4.68. The Morgan fingerprint density at radius 2 is 1.95 bits per heavy atom. The summed E-state index contributed by atoms with van der Waals surface area (Å²) in [6.45, 7) is 2.55. The molecule has 3 nitrogen and oxygen atoms in total. The number of benzene rings is 1. The van der Waals surface area contributed by atoms with Gasteiger partial charge in [0.15, 0.2) is 0 Å². The molecule has 0 aliphatic carbocycles. The van der Waals surface area contributed by atoms with E-state index in [0.29, 0.717) is 6.54 Å². The fourth-order valence-electron chi connectivity index (χ4n) is 2.28. The lowest BCUT2D eigenvalue weighted by Gasteiger charge is -2.00. The summed E-state index contributed by atoms with van der Waals surface area (Å²) in [5.74, 6) is 0. The van der Waals surface area contributed by atoms with Gasteiger partial charge in [-0.25, -0.2) is 4.98 Å². The van der Waals surface area contributed by atoms with Gasteiger partial charge in [-0.15, -0.1) is 0 Å². The maximum absolute atomic E-state index is 5.92. The van der Waals surface area contributed by atoms with E-state index in [0.717, 1.165) is 33.2 Å². The van der Waals surface area contributed by atoms with Crippen LogP contribution in [0.3, 0.4) is 0 Å². The summed E-state index contributed by atoms with van der Waals surface area (Å²) in [6, 6.07) is 11.7. The Hall–Kier alpha value is -1.84. The molecule has 2 heterocycles. The number of halogens is 1. The number of imidazole rings is 1. The van der Waals surface area contributed by atoms with Crippen molar-refractivity contribution >= 4 is 17.2 Å². The van der Waals surface area contributed by atoms with Gasteiger partial charge in [0, 0.05) is 34.6 Å². The maximum Gasteiger partial charge on any atom is 0.142 e. The van der Waals surface area contributed by atoms with Crippen LogP contribution in [0.15, 0.2) is 42.6 Å². The Labute approximate surface area is 116 Å². The smallest absolute Gasteiger partial charge is 0.142 e. The minimum absolute atomic E-state index is 0.487. The van der Waals surface area contributed by atoms with Crippen molar-refractivity contribution in [2.45, 2.75) is 13.5 Å². The van der Waals surface area contributed by atoms with E-state index < -0.39 is 0 Å². The van der Waals surface area contributed by atoms with Gasteiger partial charge in [0.1, 0.15) is 5.65 Å². The van der Waals surface area contributed by atoms with Crippen molar-refractivity contribution in [2.75, 3.05) is 0 Å². The van der Waals surface area contributed by atoms with Gasteiger partial charge in [-0.3, -0.25) is 0 Å². The molecule has 0 bridgehead atoms. The van der Waals surface area contributed by atoms with Crippen LogP contribution in [0.1, 0.15) is 11.3 Å². The van der Waals surface area contributed by atoms with Crippen molar-refractivity contribution in [3.63, 3.8) is 0 Å². The molecule has 3 rings (SSSR count). The van der Waals surface area contributed by atoms with Crippen molar-refractivity contribution < 1.29 is 0 Å². The van der Waals surface area contributed by atoms with Crippen molar-refractivity contribution in [1.29, 1.82) is 0 Å². The number of hydrogen-bond donors (Lipinski definition) is 1. The molecule has 0 fully saturated rings. The van der Waals surface area contributed by atoms with Crippen LogP contribution in [0.5, 0.6) is 0 Å². The number of fused-ring (bicyclic) bond motifs is 1. The molecule has 2 N–H and O–H groups in total. The molecule has 0 unspecified atom stereocenters. The SMILES string of the molecule is Cc1c(-c2ccc(Cl)cc2)nc2c(CN)cccn12. The lowest BCUT2D eigenvalue weighted by Crippen LogP contribution is -1.99. The number of hydrogen-bond acceptors (Lipinski definition) is 2. The molecule has 19 heavy (non-hydrogen) atoms. The molecule has 0 saturated heterocycles. The molecule has 0 amide bonds. The maximum atomic E-state index is 5.92. The number of rotatable bonds is 2. The van der Waals surface area contributed by atoms with Crippen LogP contribution in [0.4, 0.5) is 0 Å². The molecule has 0 saturated carbocycles. The Morgan fingerprint density at radius 1 is 1.21 bits per heavy atom. The van der Waals surface area contributed by atoms with E-state index in [4.69, 9.17) is 22.3 Å². The molecule has 1 aromatic carbocycles. The second-order valence-corrected chi connectivity index (χ2v) is 4.92. The third-order valence-corrected chi connectivity index (χ3v) is 3.56. The highest BCUT2D eigenvalue weighted by molar-refractivity contribution is 6.30. The lowest BCUT2D eigenvalue weighted by atomic mass is 10.1. The third kappa shape index (κ3) is 2.01. The summed E-state index contributed by atoms with van der Waals surface area (Å²) in [4.78, 5) is 4.72. The first kappa shape index (κ1) is 12.2. The fourth-order valence-corrected chi connectivity index (χ4v) is 2.41. The molecule has 0 aliphatic rings. The van der Waals surface area contributed by atoms with Gasteiger partial charge in [-0.05, 0) is 25.1 Å². The van der Waals surface area contributed by atoms with E-state index in [1.807, 2.05) is 42.6 Å². The minimum Gasteiger partial charge on any atom is -0.326 e. The van der Waals surface area contributed by atoms with Crippen molar-refractivity contribution in [1.82, 2.24) is 9.38 Å². The highest BCUT2D eigenvalue weighted by atomic mass is 35.5. The summed E-state index contributed by atoms with van der Waals surface area (Å²) in [6.07, 6.45) is 2.01. The summed E-state index contributed by atoms with van der Waals surface area (Å²) in [5.41, 5.74) is 10.9. The predicted molar refractivity (Wildman–Crippen MR) is 78.3 cm³/mol. The first-order valence-electron chi connectivity index (χ1n) is 6.13. The van der Waals surface area contributed by atoms with Gasteiger partial charge >= 0.3 is 0 Å². The van der Waals surface area contributed by atoms with E-state index in [-0.39, 0.29) is 0 Å². The molecule has 4 heteroatoms. The zero-order chi connectivity index (χ0) is 13.4. The van der Waals surface area contributed by atoms with Crippen molar-refractivity contribution in [2.24, 2.45) is 5.73 Å². The zero-order valence-electron chi connectivity index (χ0n) is 10.6. The number of pyridine rings is 1. The molecule has 0 radical (unpaired) electrons. The molecular formula is C15H14ClN3.